The van der Waals surface area contributed by atoms with Gasteiger partial charge in [0.2, 0.25) is 0 Å². The molecule has 0 saturated carbocycles. The lowest BCUT2D eigenvalue weighted by Crippen LogP contribution is -2.54. The van der Waals surface area contributed by atoms with Gasteiger partial charge in [-0.05, 0) is 59.4 Å². The minimum atomic E-state index is -0.0524. The van der Waals surface area contributed by atoms with Crippen LogP contribution >= 0.6 is 31.9 Å². The number of alkyl halides is 2. The fourth-order valence-corrected chi connectivity index (χ4v) is 5.75. The summed E-state index contributed by atoms with van der Waals surface area (Å²) in [6.45, 7) is 0. The largest absolute Gasteiger partial charge is 0.497 e. The molecule has 2 aliphatic carbocycles. The van der Waals surface area contributed by atoms with E-state index in [4.69, 9.17) is 9.47 Å². The molecule has 0 saturated heterocycles. The molecule has 2 aromatic carbocycles. The molecule has 0 radical (unpaired) electrons. The summed E-state index contributed by atoms with van der Waals surface area (Å²) >= 11 is 8.06. The maximum Gasteiger partial charge on any atom is 0.119 e. The van der Waals surface area contributed by atoms with Crippen LogP contribution in [0.25, 0.3) is 0 Å². The Morgan fingerprint density at radius 2 is 1.18 bits per heavy atom. The molecule has 0 bridgehead atoms. The molecule has 0 aliphatic heterocycles. The van der Waals surface area contributed by atoms with Gasteiger partial charge >= 0.3 is 0 Å². The van der Waals surface area contributed by atoms with E-state index in [0.717, 1.165) is 24.3 Å². The molecule has 0 heterocycles. The Morgan fingerprint density at radius 3 is 1.50 bits per heavy atom. The average Bonchev–Trinajstić information content (AvgIpc) is 2.51. The van der Waals surface area contributed by atoms with Crippen molar-refractivity contribution < 1.29 is 9.47 Å². The molecule has 114 valence electrons. The maximum atomic E-state index is 5.32. The predicted octanol–water partition coefficient (Wildman–Crippen LogP) is 4.70. The average molecular weight is 424 g/mol. The van der Waals surface area contributed by atoms with Crippen molar-refractivity contribution in [1.29, 1.82) is 0 Å². The van der Waals surface area contributed by atoms with Crippen molar-refractivity contribution in [2.45, 2.75) is 21.5 Å². The summed E-state index contributed by atoms with van der Waals surface area (Å²) in [6, 6.07) is 12.7. The van der Waals surface area contributed by atoms with Gasteiger partial charge in [-0.3, -0.25) is 0 Å². The smallest absolute Gasteiger partial charge is 0.119 e. The van der Waals surface area contributed by atoms with Gasteiger partial charge in [-0.1, -0.05) is 44.0 Å². The van der Waals surface area contributed by atoms with Gasteiger partial charge in [0.25, 0.3) is 0 Å². The van der Waals surface area contributed by atoms with E-state index in [9.17, 15) is 0 Å². The molecule has 2 aromatic rings. The maximum absolute atomic E-state index is 5.32. The molecular formula is C18H16Br2O2. The van der Waals surface area contributed by atoms with Gasteiger partial charge < -0.3 is 9.47 Å². The molecule has 22 heavy (non-hydrogen) atoms. The van der Waals surface area contributed by atoms with Gasteiger partial charge in [0.1, 0.15) is 11.5 Å². The number of fused-ring (bicyclic) bond motifs is 2. The number of methoxy groups -OCH3 is 2. The van der Waals surface area contributed by atoms with E-state index in [0.29, 0.717) is 0 Å². The summed E-state index contributed by atoms with van der Waals surface area (Å²) in [4.78, 5) is 0. The lowest BCUT2D eigenvalue weighted by Gasteiger charge is -2.56. The van der Waals surface area contributed by atoms with Gasteiger partial charge in [-0.15, -0.1) is 0 Å². The van der Waals surface area contributed by atoms with Crippen LogP contribution in [0.1, 0.15) is 22.3 Å². The van der Waals surface area contributed by atoms with Crippen molar-refractivity contribution in [3.63, 3.8) is 0 Å². The first-order valence-corrected chi connectivity index (χ1v) is 8.83. The summed E-state index contributed by atoms with van der Waals surface area (Å²) in [7, 11) is 3.42. The van der Waals surface area contributed by atoms with Crippen molar-refractivity contribution in [2.75, 3.05) is 14.2 Å². The van der Waals surface area contributed by atoms with Crippen molar-refractivity contribution in [2.24, 2.45) is 0 Å². The summed E-state index contributed by atoms with van der Waals surface area (Å²) in [6.07, 6.45) is 1.99. The first kappa shape index (κ1) is 14.6. The van der Waals surface area contributed by atoms with E-state index in [2.05, 4.69) is 56.1 Å². The van der Waals surface area contributed by atoms with Gasteiger partial charge in [0.05, 0.1) is 22.9 Å². The Kier molecular flexibility index (Phi) is 3.15. The highest BCUT2D eigenvalue weighted by Crippen LogP contribution is 2.66. The number of hydrogen-bond donors (Lipinski definition) is 0. The summed E-state index contributed by atoms with van der Waals surface area (Å²) < 4.78 is 10.5. The van der Waals surface area contributed by atoms with Crippen molar-refractivity contribution >= 4 is 31.9 Å². The third-order valence-electron chi connectivity index (χ3n) is 4.97. The monoisotopic (exact) mass is 422 g/mol. The first-order valence-electron chi connectivity index (χ1n) is 7.24. The zero-order valence-corrected chi connectivity index (χ0v) is 15.6. The standard InChI is InChI=1S/C18H16Br2O2/c1-21-13-3-5-15-11(7-13)9-17(15,19)18(20)10-12-8-14(22-2)4-6-16(12)18/h3-8H,9-10H2,1-2H3/t17-,18+. The van der Waals surface area contributed by atoms with Crippen LogP contribution < -0.4 is 9.47 Å². The SMILES string of the molecule is COc1ccc2c(c1)C[C@]2(Br)[C@]1(Br)Cc2cc(OC)ccc21. The highest BCUT2D eigenvalue weighted by molar-refractivity contribution is 9.12. The van der Waals surface area contributed by atoms with Gasteiger partial charge in [-0.25, -0.2) is 0 Å². The summed E-state index contributed by atoms with van der Waals surface area (Å²) in [5, 5.41) is 0. The molecule has 0 aromatic heterocycles. The Bertz CT molecular complexity index is 708. The number of rotatable bonds is 3. The number of ether oxygens (including phenoxy) is 2. The molecule has 4 heteroatoms. The molecule has 0 N–H and O–H groups in total. The summed E-state index contributed by atoms with van der Waals surface area (Å²) in [5.41, 5.74) is 5.42. The van der Waals surface area contributed by atoms with Crippen molar-refractivity contribution in [3.05, 3.63) is 58.7 Å². The molecule has 0 spiro atoms. The molecule has 2 aliphatic rings. The quantitative estimate of drug-likeness (QED) is 0.666. The summed E-state index contributed by atoms with van der Waals surface area (Å²) in [5.74, 6) is 1.85. The second kappa shape index (κ2) is 4.75. The van der Waals surface area contributed by atoms with Gasteiger partial charge in [0.15, 0.2) is 0 Å². The molecule has 2 nitrogen and oxygen atoms in total. The highest BCUT2D eigenvalue weighted by atomic mass is 79.9. The van der Waals surface area contributed by atoms with Crippen LogP contribution in [0.15, 0.2) is 36.4 Å². The van der Waals surface area contributed by atoms with E-state index in [1.54, 1.807) is 14.2 Å². The van der Waals surface area contributed by atoms with Crippen LogP contribution in [0.2, 0.25) is 0 Å². The van der Waals surface area contributed by atoms with Crippen molar-refractivity contribution in [1.82, 2.24) is 0 Å². The van der Waals surface area contributed by atoms with E-state index < -0.39 is 0 Å². The van der Waals surface area contributed by atoms with E-state index in [1.807, 2.05) is 12.1 Å². The second-order valence-corrected chi connectivity index (χ2v) is 8.71. The van der Waals surface area contributed by atoms with Crippen LogP contribution in [-0.4, -0.2) is 14.2 Å². The van der Waals surface area contributed by atoms with Crippen LogP contribution in [0, 0.1) is 0 Å². The van der Waals surface area contributed by atoms with Crippen LogP contribution in [0.4, 0.5) is 0 Å². The molecule has 0 unspecified atom stereocenters. The van der Waals surface area contributed by atoms with E-state index in [-0.39, 0.29) is 8.65 Å². The Labute approximate surface area is 147 Å². The molecule has 0 fully saturated rings. The van der Waals surface area contributed by atoms with Gasteiger partial charge in [0, 0.05) is 0 Å². The number of halogens is 2. The zero-order chi connectivity index (χ0) is 15.5. The zero-order valence-electron chi connectivity index (χ0n) is 12.5. The van der Waals surface area contributed by atoms with E-state index in [1.165, 1.54) is 22.3 Å². The van der Waals surface area contributed by atoms with Gasteiger partial charge in [-0.2, -0.15) is 0 Å². The lowest BCUT2D eigenvalue weighted by molar-refractivity contribution is 0.367. The fourth-order valence-electron chi connectivity index (χ4n) is 3.67. The Morgan fingerprint density at radius 1 is 0.773 bits per heavy atom. The molecule has 4 rings (SSSR count). The lowest BCUT2D eigenvalue weighted by atomic mass is 9.61. The fraction of sp³-hybridized carbons (Fsp3) is 0.333. The topological polar surface area (TPSA) is 18.5 Å². The van der Waals surface area contributed by atoms with Crippen LogP contribution in [-0.2, 0) is 21.5 Å². The Balaban J connectivity index is 1.73. The van der Waals surface area contributed by atoms with Crippen LogP contribution in [0.3, 0.4) is 0 Å². The Hall–Kier alpha value is -1.00. The molecule has 0 amide bonds. The second-order valence-electron chi connectivity index (χ2n) is 6.00. The normalized spacial score (nSPS) is 28.0. The third-order valence-corrected chi connectivity index (χ3v) is 8.28. The minimum Gasteiger partial charge on any atom is -0.497 e. The minimum absolute atomic E-state index is 0.0524. The molecular weight excluding hydrogens is 408 g/mol. The third kappa shape index (κ3) is 1.71. The first-order chi connectivity index (χ1) is 10.5. The van der Waals surface area contributed by atoms with Crippen LogP contribution in [0.5, 0.6) is 11.5 Å². The number of hydrogen-bond acceptors (Lipinski definition) is 2. The number of benzene rings is 2. The predicted molar refractivity (Wildman–Crippen MR) is 94.6 cm³/mol. The van der Waals surface area contributed by atoms with E-state index >= 15 is 0 Å². The van der Waals surface area contributed by atoms with Crippen molar-refractivity contribution in [3.8, 4) is 11.5 Å². The highest BCUT2D eigenvalue weighted by Gasteiger charge is 2.60. The molecule has 2 atom stereocenters.